The van der Waals surface area contributed by atoms with Crippen molar-refractivity contribution >= 4 is 11.6 Å². The molecule has 2 heteroatoms. The van der Waals surface area contributed by atoms with Gasteiger partial charge in [-0.1, -0.05) is 31.5 Å². The lowest BCUT2D eigenvalue weighted by molar-refractivity contribution is -0.117. The third-order valence-corrected chi connectivity index (χ3v) is 2.39. The van der Waals surface area contributed by atoms with Gasteiger partial charge in [0.15, 0.2) is 0 Å². The molecule has 2 nitrogen and oxygen atoms in total. The standard InChI is InChI=1S/C13H16O2/c1-8(2)12(14)13(15)11-7-9(3)5-6-10(11)4/h5-8H,1-4H3. The van der Waals surface area contributed by atoms with E-state index < -0.39 is 0 Å². The second-order valence-electron chi connectivity index (χ2n) is 4.17. The van der Waals surface area contributed by atoms with Gasteiger partial charge in [0.2, 0.25) is 11.6 Å². The molecule has 0 aliphatic carbocycles. The van der Waals surface area contributed by atoms with Crippen molar-refractivity contribution in [2.24, 2.45) is 5.92 Å². The molecule has 0 N–H and O–H groups in total. The molecule has 80 valence electrons. The lowest BCUT2D eigenvalue weighted by Crippen LogP contribution is -2.20. The van der Waals surface area contributed by atoms with Gasteiger partial charge >= 0.3 is 0 Å². The van der Waals surface area contributed by atoms with E-state index >= 15 is 0 Å². The van der Waals surface area contributed by atoms with E-state index in [4.69, 9.17) is 0 Å². The highest BCUT2D eigenvalue weighted by Gasteiger charge is 2.20. The molecule has 0 radical (unpaired) electrons. The first kappa shape index (κ1) is 11.6. The Balaban J connectivity index is 3.11. The predicted octanol–water partition coefficient (Wildman–Crippen LogP) is 2.71. The van der Waals surface area contributed by atoms with Crippen molar-refractivity contribution in [2.45, 2.75) is 27.7 Å². The zero-order valence-corrected chi connectivity index (χ0v) is 9.63. The monoisotopic (exact) mass is 204 g/mol. The summed E-state index contributed by atoms with van der Waals surface area (Å²) in [5.74, 6) is -0.924. The summed E-state index contributed by atoms with van der Waals surface area (Å²) >= 11 is 0. The quantitative estimate of drug-likeness (QED) is 0.560. The molecule has 0 unspecified atom stereocenters. The third-order valence-electron chi connectivity index (χ3n) is 2.39. The van der Waals surface area contributed by atoms with Gasteiger partial charge in [0, 0.05) is 11.5 Å². The molecule has 0 aliphatic rings. The molecule has 1 aromatic rings. The second kappa shape index (κ2) is 4.39. The van der Waals surface area contributed by atoms with Crippen molar-refractivity contribution in [1.29, 1.82) is 0 Å². The van der Waals surface area contributed by atoms with Crippen LogP contribution in [0.3, 0.4) is 0 Å². The summed E-state index contributed by atoms with van der Waals surface area (Å²) in [5, 5.41) is 0. The minimum atomic E-state index is -0.369. The fraction of sp³-hybridized carbons (Fsp3) is 0.385. The summed E-state index contributed by atoms with van der Waals surface area (Å²) in [6.07, 6.45) is 0. The van der Waals surface area contributed by atoms with Gasteiger partial charge in [-0.05, 0) is 25.5 Å². The summed E-state index contributed by atoms with van der Waals surface area (Å²) in [5.41, 5.74) is 2.40. The molecule has 0 saturated heterocycles. The van der Waals surface area contributed by atoms with Gasteiger partial charge < -0.3 is 0 Å². The van der Waals surface area contributed by atoms with Crippen LogP contribution in [0.5, 0.6) is 0 Å². The maximum absolute atomic E-state index is 11.8. The van der Waals surface area contributed by atoms with Crippen LogP contribution in [0.15, 0.2) is 18.2 Å². The van der Waals surface area contributed by atoms with Crippen molar-refractivity contribution in [2.75, 3.05) is 0 Å². The Morgan fingerprint density at radius 1 is 1.13 bits per heavy atom. The second-order valence-corrected chi connectivity index (χ2v) is 4.17. The minimum Gasteiger partial charge on any atom is -0.290 e. The molecule has 0 fully saturated rings. The number of hydrogen-bond acceptors (Lipinski definition) is 2. The minimum absolute atomic E-state index is 0.239. The van der Waals surface area contributed by atoms with Crippen LogP contribution < -0.4 is 0 Å². The van der Waals surface area contributed by atoms with Crippen molar-refractivity contribution in [1.82, 2.24) is 0 Å². The van der Waals surface area contributed by atoms with Gasteiger partial charge in [0.05, 0.1) is 0 Å². The number of ketones is 2. The van der Waals surface area contributed by atoms with Crippen LogP contribution in [-0.4, -0.2) is 11.6 Å². The Morgan fingerprint density at radius 2 is 1.73 bits per heavy atom. The summed E-state index contributed by atoms with van der Waals surface area (Å²) in [4.78, 5) is 23.4. The summed E-state index contributed by atoms with van der Waals surface area (Å²) in [6, 6.07) is 5.58. The van der Waals surface area contributed by atoms with E-state index in [0.29, 0.717) is 5.56 Å². The van der Waals surface area contributed by atoms with Crippen LogP contribution >= 0.6 is 0 Å². The molecule has 15 heavy (non-hydrogen) atoms. The Hall–Kier alpha value is -1.44. The normalized spacial score (nSPS) is 10.5. The van der Waals surface area contributed by atoms with Crippen LogP contribution in [-0.2, 0) is 4.79 Å². The number of benzene rings is 1. The van der Waals surface area contributed by atoms with Crippen LogP contribution in [0.1, 0.15) is 35.3 Å². The van der Waals surface area contributed by atoms with Crippen molar-refractivity contribution in [3.63, 3.8) is 0 Å². The molecule has 0 amide bonds. The predicted molar refractivity (Wildman–Crippen MR) is 60.1 cm³/mol. The number of carbonyl (C=O) groups excluding carboxylic acids is 2. The molecule has 1 aromatic carbocycles. The first-order valence-electron chi connectivity index (χ1n) is 5.09. The largest absolute Gasteiger partial charge is 0.290 e. The molecule has 0 aliphatic heterocycles. The average Bonchev–Trinajstić information content (AvgIpc) is 2.19. The van der Waals surface area contributed by atoms with Crippen LogP contribution in [0.2, 0.25) is 0 Å². The van der Waals surface area contributed by atoms with Gasteiger partial charge in [0.1, 0.15) is 0 Å². The summed E-state index contributed by atoms with van der Waals surface area (Å²) in [7, 11) is 0. The lowest BCUT2D eigenvalue weighted by Gasteiger charge is -2.07. The molecule has 0 aromatic heterocycles. The number of hydrogen-bond donors (Lipinski definition) is 0. The molecule has 0 saturated carbocycles. The molecule has 0 atom stereocenters. The first-order chi connectivity index (χ1) is 6.93. The Labute approximate surface area is 90.3 Å². The Kier molecular flexibility index (Phi) is 3.40. The first-order valence-corrected chi connectivity index (χ1v) is 5.09. The highest BCUT2D eigenvalue weighted by Crippen LogP contribution is 2.13. The lowest BCUT2D eigenvalue weighted by atomic mass is 9.95. The maximum atomic E-state index is 11.8. The van der Waals surface area contributed by atoms with Crippen LogP contribution in [0.4, 0.5) is 0 Å². The summed E-state index contributed by atoms with van der Waals surface area (Å²) < 4.78 is 0. The van der Waals surface area contributed by atoms with E-state index in [1.165, 1.54) is 0 Å². The zero-order chi connectivity index (χ0) is 11.6. The van der Waals surface area contributed by atoms with E-state index in [2.05, 4.69) is 0 Å². The average molecular weight is 204 g/mol. The van der Waals surface area contributed by atoms with E-state index in [0.717, 1.165) is 11.1 Å². The van der Waals surface area contributed by atoms with Crippen molar-refractivity contribution in [3.05, 3.63) is 34.9 Å². The number of aryl methyl sites for hydroxylation is 2. The number of Topliss-reactive ketones (excluding diaryl/α,β-unsaturated/α-hetero) is 2. The van der Waals surface area contributed by atoms with Crippen LogP contribution in [0, 0.1) is 19.8 Å². The van der Waals surface area contributed by atoms with Crippen molar-refractivity contribution < 1.29 is 9.59 Å². The number of rotatable bonds is 3. The molecular weight excluding hydrogens is 188 g/mol. The Morgan fingerprint density at radius 3 is 2.27 bits per heavy atom. The molecular formula is C13H16O2. The van der Waals surface area contributed by atoms with Gasteiger partial charge in [-0.15, -0.1) is 0 Å². The maximum Gasteiger partial charge on any atom is 0.229 e. The highest BCUT2D eigenvalue weighted by atomic mass is 16.2. The molecule has 1 rings (SSSR count). The fourth-order valence-electron chi connectivity index (χ4n) is 1.38. The van der Waals surface area contributed by atoms with Crippen LogP contribution in [0.25, 0.3) is 0 Å². The smallest absolute Gasteiger partial charge is 0.229 e. The molecule has 0 bridgehead atoms. The van der Waals surface area contributed by atoms with E-state index in [-0.39, 0.29) is 17.5 Å². The number of carbonyl (C=O) groups is 2. The Bertz CT molecular complexity index is 403. The van der Waals surface area contributed by atoms with E-state index in [1.54, 1.807) is 19.9 Å². The molecule has 0 spiro atoms. The summed E-state index contributed by atoms with van der Waals surface area (Å²) in [6.45, 7) is 7.24. The van der Waals surface area contributed by atoms with Gasteiger partial charge in [-0.2, -0.15) is 0 Å². The van der Waals surface area contributed by atoms with Crippen molar-refractivity contribution in [3.8, 4) is 0 Å². The topological polar surface area (TPSA) is 34.1 Å². The van der Waals surface area contributed by atoms with E-state index in [9.17, 15) is 9.59 Å². The molecule has 0 heterocycles. The third kappa shape index (κ3) is 2.52. The van der Waals surface area contributed by atoms with Gasteiger partial charge in [-0.25, -0.2) is 0 Å². The fourth-order valence-corrected chi connectivity index (χ4v) is 1.38. The van der Waals surface area contributed by atoms with Gasteiger partial charge in [0.25, 0.3) is 0 Å². The SMILES string of the molecule is Cc1ccc(C)c(C(=O)C(=O)C(C)C)c1. The van der Waals surface area contributed by atoms with E-state index in [1.807, 2.05) is 26.0 Å². The zero-order valence-electron chi connectivity index (χ0n) is 9.63. The highest BCUT2D eigenvalue weighted by molar-refractivity contribution is 6.44. The van der Waals surface area contributed by atoms with Gasteiger partial charge in [-0.3, -0.25) is 9.59 Å².